The van der Waals surface area contributed by atoms with E-state index in [1.165, 1.54) is 38.8 Å². The van der Waals surface area contributed by atoms with Gasteiger partial charge >= 0.3 is 0 Å². The fraction of sp³-hybridized carbons (Fsp3) is 0.636. The van der Waals surface area contributed by atoms with Crippen molar-refractivity contribution in [1.82, 2.24) is 34.7 Å². The first-order chi connectivity index (χ1) is 15.5. The van der Waals surface area contributed by atoms with E-state index in [1.807, 2.05) is 13.8 Å². The van der Waals surface area contributed by atoms with E-state index in [2.05, 4.69) is 30.4 Å². The largest absolute Gasteiger partial charge is 0.473 e. The maximum Gasteiger partial charge on any atom is 0.244 e. The molecule has 0 aromatic carbocycles. The van der Waals surface area contributed by atoms with E-state index >= 15 is 0 Å². The zero-order valence-electron chi connectivity index (χ0n) is 18.7. The highest BCUT2D eigenvalue weighted by molar-refractivity contribution is 6.17. The summed E-state index contributed by atoms with van der Waals surface area (Å²) in [6, 6.07) is 0.414. The van der Waals surface area contributed by atoms with Crippen molar-refractivity contribution < 1.29 is 4.74 Å². The van der Waals surface area contributed by atoms with Gasteiger partial charge in [-0.1, -0.05) is 0 Å². The van der Waals surface area contributed by atoms with Crippen molar-refractivity contribution in [2.75, 3.05) is 30.8 Å². The van der Waals surface area contributed by atoms with Crippen LogP contribution in [0, 0.1) is 5.41 Å². The van der Waals surface area contributed by atoms with Crippen LogP contribution in [0.2, 0.25) is 0 Å². The minimum atomic E-state index is -0.0181. The van der Waals surface area contributed by atoms with E-state index in [-0.39, 0.29) is 6.10 Å². The van der Waals surface area contributed by atoms with E-state index in [0.717, 1.165) is 24.4 Å². The second-order valence-corrected chi connectivity index (χ2v) is 9.78. The Morgan fingerprint density at radius 3 is 2.78 bits per heavy atom. The Morgan fingerprint density at radius 2 is 2.09 bits per heavy atom. The third-order valence-electron chi connectivity index (χ3n) is 6.67. The molecule has 1 saturated heterocycles. The molecule has 2 fully saturated rings. The number of aromatic nitrogens is 6. The molecule has 4 heterocycles. The van der Waals surface area contributed by atoms with Crippen LogP contribution < -0.4 is 10.1 Å². The maximum atomic E-state index is 6.08. The molecule has 3 aromatic rings. The standard InChI is InChI=1S/C22H31ClN8O/c1-15(2)32-20-19(16-12-25-26-13-16)24-14-18-28-21(29-31(18)20)27-17-10-22(11-17)4-8-30(9-5-22)7-3-6-23/h12-15,17H,3-11H2,1-2H3,(H,25,26)(H,27,29). The molecule has 172 valence electrons. The van der Waals surface area contributed by atoms with Crippen LogP contribution in [0.25, 0.3) is 16.9 Å². The molecular weight excluding hydrogens is 428 g/mol. The molecular formula is C22H31ClN8O. The summed E-state index contributed by atoms with van der Waals surface area (Å²) < 4.78 is 7.82. The van der Waals surface area contributed by atoms with Crippen LogP contribution in [0.3, 0.4) is 0 Å². The summed E-state index contributed by atoms with van der Waals surface area (Å²) in [5.41, 5.74) is 2.69. The highest BCUT2D eigenvalue weighted by Crippen LogP contribution is 2.49. The van der Waals surface area contributed by atoms with Gasteiger partial charge in [0.05, 0.1) is 18.5 Å². The van der Waals surface area contributed by atoms with Crippen molar-refractivity contribution in [2.45, 2.75) is 58.1 Å². The van der Waals surface area contributed by atoms with Gasteiger partial charge in [-0.3, -0.25) is 5.10 Å². The Kier molecular flexibility index (Phi) is 5.94. The number of rotatable bonds is 8. The number of aromatic amines is 1. The van der Waals surface area contributed by atoms with Gasteiger partial charge in [-0.25, -0.2) is 4.98 Å². The molecule has 0 atom stereocenters. The smallest absolute Gasteiger partial charge is 0.244 e. The first-order valence-corrected chi connectivity index (χ1v) is 12.1. The van der Waals surface area contributed by atoms with Gasteiger partial charge in [-0.2, -0.15) is 14.6 Å². The van der Waals surface area contributed by atoms with Crippen molar-refractivity contribution in [3.8, 4) is 17.1 Å². The molecule has 1 aliphatic heterocycles. The van der Waals surface area contributed by atoms with Crippen molar-refractivity contribution in [3.05, 3.63) is 18.6 Å². The number of anilines is 1. The van der Waals surface area contributed by atoms with Crippen LogP contribution in [-0.4, -0.2) is 72.3 Å². The molecule has 1 saturated carbocycles. The quantitative estimate of drug-likeness (QED) is 0.498. The molecule has 32 heavy (non-hydrogen) atoms. The monoisotopic (exact) mass is 458 g/mol. The van der Waals surface area contributed by atoms with Gasteiger partial charge in [-0.15, -0.1) is 16.7 Å². The van der Waals surface area contributed by atoms with Crippen LogP contribution >= 0.6 is 11.6 Å². The lowest BCUT2D eigenvalue weighted by atomic mass is 9.60. The number of halogens is 1. The second-order valence-electron chi connectivity index (χ2n) is 9.40. The maximum absolute atomic E-state index is 6.08. The molecule has 5 rings (SSSR count). The lowest BCUT2D eigenvalue weighted by Crippen LogP contribution is -2.51. The molecule has 9 nitrogen and oxygen atoms in total. The summed E-state index contributed by atoms with van der Waals surface area (Å²) in [5, 5.41) is 15.1. The Bertz CT molecular complexity index is 1030. The van der Waals surface area contributed by atoms with Crippen molar-refractivity contribution in [1.29, 1.82) is 0 Å². The average molecular weight is 459 g/mol. The molecule has 2 aliphatic rings. The van der Waals surface area contributed by atoms with Gasteiger partial charge in [0.2, 0.25) is 11.8 Å². The van der Waals surface area contributed by atoms with Crippen LogP contribution in [0.4, 0.5) is 5.95 Å². The summed E-state index contributed by atoms with van der Waals surface area (Å²) in [5.74, 6) is 1.96. The Hall–Kier alpha value is -2.39. The van der Waals surface area contributed by atoms with Gasteiger partial charge in [0.15, 0.2) is 5.65 Å². The van der Waals surface area contributed by atoms with Crippen molar-refractivity contribution in [3.63, 3.8) is 0 Å². The first kappa shape index (κ1) is 21.5. The first-order valence-electron chi connectivity index (χ1n) is 11.5. The molecule has 0 bridgehead atoms. The summed E-state index contributed by atoms with van der Waals surface area (Å²) in [7, 11) is 0. The minimum absolute atomic E-state index is 0.0181. The van der Waals surface area contributed by atoms with Crippen LogP contribution in [0.1, 0.15) is 46.0 Å². The Labute approximate surface area is 192 Å². The summed E-state index contributed by atoms with van der Waals surface area (Å²) in [6.45, 7) is 7.48. The van der Waals surface area contributed by atoms with Gasteiger partial charge in [0, 0.05) is 23.7 Å². The number of hydrogen-bond donors (Lipinski definition) is 2. The van der Waals surface area contributed by atoms with Crippen LogP contribution in [0.5, 0.6) is 5.88 Å². The number of ether oxygens (including phenoxy) is 1. The number of piperidine rings is 1. The van der Waals surface area contributed by atoms with E-state index < -0.39 is 0 Å². The van der Waals surface area contributed by atoms with Crippen LogP contribution in [0.15, 0.2) is 18.6 Å². The molecule has 2 N–H and O–H groups in total. The van der Waals surface area contributed by atoms with Crippen molar-refractivity contribution in [2.24, 2.45) is 5.41 Å². The number of H-pyrrole nitrogens is 1. The number of alkyl halides is 1. The highest BCUT2D eigenvalue weighted by Gasteiger charge is 2.46. The van der Waals surface area contributed by atoms with E-state index in [1.54, 1.807) is 23.1 Å². The van der Waals surface area contributed by atoms with Gasteiger partial charge in [-0.05, 0) is 71.0 Å². The van der Waals surface area contributed by atoms with Crippen LogP contribution in [-0.2, 0) is 0 Å². The zero-order valence-corrected chi connectivity index (χ0v) is 19.5. The Morgan fingerprint density at radius 1 is 1.28 bits per heavy atom. The third-order valence-corrected chi connectivity index (χ3v) is 6.94. The predicted octanol–water partition coefficient (Wildman–Crippen LogP) is 3.59. The zero-order chi connectivity index (χ0) is 22.1. The fourth-order valence-electron chi connectivity index (χ4n) is 5.02. The second kappa shape index (κ2) is 8.86. The number of fused-ring (bicyclic) bond motifs is 1. The molecule has 10 heteroatoms. The minimum Gasteiger partial charge on any atom is -0.473 e. The molecule has 0 radical (unpaired) electrons. The van der Waals surface area contributed by atoms with E-state index in [4.69, 9.17) is 21.4 Å². The number of nitrogens with one attached hydrogen (secondary N) is 2. The Balaban J connectivity index is 1.27. The molecule has 1 spiro atoms. The van der Waals surface area contributed by atoms with E-state index in [0.29, 0.717) is 34.6 Å². The highest BCUT2D eigenvalue weighted by atomic mass is 35.5. The summed E-state index contributed by atoms with van der Waals surface area (Å²) in [6.07, 6.45) is 11.2. The third kappa shape index (κ3) is 4.28. The SMILES string of the molecule is CC(C)Oc1c(-c2cn[nH]c2)ncc2nc(NC3CC4(CCN(CCCCl)CC4)C3)nn12. The predicted molar refractivity (Wildman–Crippen MR) is 124 cm³/mol. The van der Waals surface area contributed by atoms with Gasteiger partial charge in [0.1, 0.15) is 5.69 Å². The summed E-state index contributed by atoms with van der Waals surface area (Å²) >= 11 is 5.85. The molecule has 0 amide bonds. The normalized spacial score (nSPS) is 19.0. The molecule has 3 aromatic heterocycles. The van der Waals surface area contributed by atoms with Gasteiger partial charge in [0.25, 0.3) is 0 Å². The number of likely N-dealkylation sites (tertiary alicyclic amines) is 1. The average Bonchev–Trinajstić information content (AvgIpc) is 3.42. The lowest BCUT2D eigenvalue weighted by Gasteiger charge is -2.52. The molecule has 0 unspecified atom stereocenters. The molecule has 1 aliphatic carbocycles. The van der Waals surface area contributed by atoms with Crippen molar-refractivity contribution >= 4 is 23.2 Å². The number of hydrogen-bond acceptors (Lipinski definition) is 7. The lowest BCUT2D eigenvalue weighted by molar-refractivity contribution is 0.0238. The fourth-order valence-corrected chi connectivity index (χ4v) is 5.14. The summed E-state index contributed by atoms with van der Waals surface area (Å²) in [4.78, 5) is 11.8. The van der Waals surface area contributed by atoms with Gasteiger partial charge < -0.3 is 15.0 Å². The topological polar surface area (TPSA) is 96.3 Å². The van der Waals surface area contributed by atoms with E-state index in [9.17, 15) is 0 Å². The number of nitrogens with zero attached hydrogens (tertiary/aromatic N) is 6.